The number of nitrogens with zero attached hydrogens (tertiary/aromatic N) is 1. The van der Waals surface area contributed by atoms with Gasteiger partial charge in [0.15, 0.2) is 0 Å². The van der Waals surface area contributed by atoms with Gasteiger partial charge in [0.1, 0.15) is 5.82 Å². The zero-order valence-electron chi connectivity index (χ0n) is 14.7. The standard InChI is InChI=1S/C20H24FN3OS/c21-16-8-10-17(11-9-16)26-15-5-12-22-20(25)23-18-6-1-2-7-19(18)24-13-3-4-14-24/h1-2,6-11H,3-5,12-15H2,(H2,22,23,25). The van der Waals surface area contributed by atoms with Crippen molar-refractivity contribution in [2.45, 2.75) is 24.2 Å². The van der Waals surface area contributed by atoms with Crippen LogP contribution in [0.2, 0.25) is 0 Å². The van der Waals surface area contributed by atoms with Crippen molar-refractivity contribution in [3.05, 3.63) is 54.3 Å². The van der Waals surface area contributed by atoms with Gasteiger partial charge in [-0.15, -0.1) is 11.8 Å². The summed E-state index contributed by atoms with van der Waals surface area (Å²) in [5.74, 6) is 0.651. The summed E-state index contributed by atoms with van der Waals surface area (Å²) in [7, 11) is 0. The first-order valence-corrected chi connectivity index (χ1v) is 9.98. The van der Waals surface area contributed by atoms with Gasteiger partial charge in [0.2, 0.25) is 0 Å². The third-order valence-electron chi connectivity index (χ3n) is 4.29. The van der Waals surface area contributed by atoms with E-state index in [-0.39, 0.29) is 11.8 Å². The second-order valence-corrected chi connectivity index (χ2v) is 7.42. The van der Waals surface area contributed by atoms with Gasteiger partial charge in [-0.05, 0) is 61.4 Å². The molecule has 0 aromatic heterocycles. The number of nitrogens with one attached hydrogen (secondary N) is 2. The number of rotatable bonds is 7. The van der Waals surface area contributed by atoms with E-state index in [1.54, 1.807) is 23.9 Å². The fraction of sp³-hybridized carbons (Fsp3) is 0.350. The van der Waals surface area contributed by atoms with Gasteiger partial charge in [0.05, 0.1) is 11.4 Å². The molecule has 4 nitrogen and oxygen atoms in total. The summed E-state index contributed by atoms with van der Waals surface area (Å²) >= 11 is 1.66. The molecule has 6 heteroatoms. The van der Waals surface area contributed by atoms with Gasteiger partial charge in [-0.2, -0.15) is 0 Å². The van der Waals surface area contributed by atoms with Crippen LogP contribution in [0, 0.1) is 5.82 Å². The number of urea groups is 1. The van der Waals surface area contributed by atoms with E-state index in [2.05, 4.69) is 21.6 Å². The maximum atomic E-state index is 12.9. The second-order valence-electron chi connectivity index (χ2n) is 6.25. The van der Waals surface area contributed by atoms with Crippen molar-refractivity contribution >= 4 is 29.2 Å². The molecule has 0 aliphatic carbocycles. The number of para-hydroxylation sites is 2. The van der Waals surface area contributed by atoms with Crippen LogP contribution in [-0.2, 0) is 0 Å². The molecule has 1 heterocycles. The second kappa shape index (κ2) is 9.48. The summed E-state index contributed by atoms with van der Waals surface area (Å²) < 4.78 is 12.9. The Bertz CT molecular complexity index is 717. The number of carbonyl (C=O) groups is 1. The van der Waals surface area contributed by atoms with Crippen LogP contribution >= 0.6 is 11.8 Å². The molecule has 0 bridgehead atoms. The highest BCUT2D eigenvalue weighted by Crippen LogP contribution is 2.28. The highest BCUT2D eigenvalue weighted by atomic mass is 32.2. The van der Waals surface area contributed by atoms with Gasteiger partial charge in [0, 0.05) is 24.5 Å². The molecule has 26 heavy (non-hydrogen) atoms. The monoisotopic (exact) mass is 373 g/mol. The molecule has 1 fully saturated rings. The highest BCUT2D eigenvalue weighted by Gasteiger charge is 2.16. The average Bonchev–Trinajstić information content (AvgIpc) is 3.18. The fourth-order valence-electron chi connectivity index (χ4n) is 2.97. The van der Waals surface area contributed by atoms with Crippen LogP contribution in [0.3, 0.4) is 0 Å². The lowest BCUT2D eigenvalue weighted by Gasteiger charge is -2.21. The van der Waals surface area contributed by atoms with E-state index < -0.39 is 0 Å². The largest absolute Gasteiger partial charge is 0.370 e. The topological polar surface area (TPSA) is 44.4 Å². The Morgan fingerprint density at radius 2 is 1.81 bits per heavy atom. The molecule has 1 aliphatic rings. The molecule has 2 aromatic rings. The lowest BCUT2D eigenvalue weighted by Crippen LogP contribution is -2.30. The van der Waals surface area contributed by atoms with Crippen molar-refractivity contribution < 1.29 is 9.18 Å². The predicted molar refractivity (Wildman–Crippen MR) is 107 cm³/mol. The SMILES string of the molecule is O=C(NCCCSc1ccc(F)cc1)Nc1ccccc1N1CCCC1. The summed E-state index contributed by atoms with van der Waals surface area (Å²) in [5.41, 5.74) is 1.94. The van der Waals surface area contributed by atoms with Crippen molar-refractivity contribution in [3.8, 4) is 0 Å². The van der Waals surface area contributed by atoms with Gasteiger partial charge in [-0.1, -0.05) is 12.1 Å². The van der Waals surface area contributed by atoms with E-state index in [4.69, 9.17) is 0 Å². The third kappa shape index (κ3) is 5.39. The predicted octanol–water partition coefficient (Wildman–Crippen LogP) is 4.73. The van der Waals surface area contributed by atoms with E-state index >= 15 is 0 Å². The molecular weight excluding hydrogens is 349 g/mol. The molecule has 2 N–H and O–H groups in total. The summed E-state index contributed by atoms with van der Waals surface area (Å²) in [6.45, 7) is 2.69. The van der Waals surface area contributed by atoms with Gasteiger partial charge in [-0.3, -0.25) is 0 Å². The Hall–Kier alpha value is -2.21. The Balaban J connectivity index is 1.40. The lowest BCUT2D eigenvalue weighted by atomic mass is 10.2. The molecule has 0 saturated carbocycles. The van der Waals surface area contributed by atoms with Gasteiger partial charge in [-0.25, -0.2) is 9.18 Å². The number of amides is 2. The minimum absolute atomic E-state index is 0.177. The van der Waals surface area contributed by atoms with Crippen molar-refractivity contribution in [3.63, 3.8) is 0 Å². The molecular formula is C20H24FN3OS. The minimum atomic E-state index is -0.220. The Kier molecular flexibility index (Phi) is 6.77. The summed E-state index contributed by atoms with van der Waals surface area (Å²) in [4.78, 5) is 15.5. The van der Waals surface area contributed by atoms with Crippen LogP contribution in [0.5, 0.6) is 0 Å². The van der Waals surface area contributed by atoms with E-state index in [1.165, 1.54) is 25.0 Å². The van der Waals surface area contributed by atoms with E-state index in [9.17, 15) is 9.18 Å². The van der Waals surface area contributed by atoms with Crippen molar-refractivity contribution in [2.24, 2.45) is 0 Å². The average molecular weight is 373 g/mol. The molecule has 3 rings (SSSR count). The first-order chi connectivity index (χ1) is 12.7. The van der Waals surface area contributed by atoms with Crippen LogP contribution in [0.25, 0.3) is 0 Å². The van der Waals surface area contributed by atoms with Crippen LogP contribution in [0.4, 0.5) is 20.6 Å². The van der Waals surface area contributed by atoms with Crippen molar-refractivity contribution in [1.82, 2.24) is 5.32 Å². The summed E-state index contributed by atoms with van der Waals surface area (Å²) in [6, 6.07) is 14.2. The summed E-state index contributed by atoms with van der Waals surface area (Å²) in [5, 5.41) is 5.86. The van der Waals surface area contributed by atoms with Crippen LogP contribution in [0.1, 0.15) is 19.3 Å². The molecule has 0 unspecified atom stereocenters. The molecule has 0 radical (unpaired) electrons. The first-order valence-electron chi connectivity index (χ1n) is 8.99. The molecule has 1 aliphatic heterocycles. The zero-order chi connectivity index (χ0) is 18.2. The van der Waals surface area contributed by atoms with Crippen LogP contribution < -0.4 is 15.5 Å². The van der Waals surface area contributed by atoms with Crippen molar-refractivity contribution in [1.29, 1.82) is 0 Å². The van der Waals surface area contributed by atoms with E-state index in [1.807, 2.05) is 18.2 Å². The number of carbonyl (C=O) groups excluding carboxylic acids is 1. The van der Waals surface area contributed by atoms with Gasteiger partial charge in [0.25, 0.3) is 0 Å². The number of hydrogen-bond donors (Lipinski definition) is 2. The third-order valence-corrected chi connectivity index (χ3v) is 5.39. The van der Waals surface area contributed by atoms with Crippen LogP contribution in [-0.4, -0.2) is 31.4 Å². The molecule has 2 amide bonds. The Labute approximate surface area is 158 Å². The highest BCUT2D eigenvalue weighted by molar-refractivity contribution is 7.99. The molecule has 0 spiro atoms. The molecule has 2 aromatic carbocycles. The zero-order valence-corrected chi connectivity index (χ0v) is 15.5. The quantitative estimate of drug-likeness (QED) is 0.545. The van der Waals surface area contributed by atoms with Gasteiger partial charge >= 0.3 is 6.03 Å². The Morgan fingerprint density at radius 3 is 2.58 bits per heavy atom. The lowest BCUT2D eigenvalue weighted by molar-refractivity contribution is 0.252. The number of hydrogen-bond acceptors (Lipinski definition) is 3. The maximum absolute atomic E-state index is 12.9. The molecule has 138 valence electrons. The molecule has 1 saturated heterocycles. The fourth-order valence-corrected chi connectivity index (χ4v) is 3.83. The van der Waals surface area contributed by atoms with E-state index in [0.29, 0.717) is 6.54 Å². The minimum Gasteiger partial charge on any atom is -0.370 e. The first kappa shape index (κ1) is 18.6. The number of anilines is 2. The Morgan fingerprint density at radius 1 is 1.08 bits per heavy atom. The molecule has 0 atom stereocenters. The normalized spacial score (nSPS) is 13.7. The summed E-state index contributed by atoms with van der Waals surface area (Å²) in [6.07, 6.45) is 3.25. The maximum Gasteiger partial charge on any atom is 0.319 e. The van der Waals surface area contributed by atoms with E-state index in [0.717, 1.165) is 41.5 Å². The van der Waals surface area contributed by atoms with Gasteiger partial charge < -0.3 is 15.5 Å². The van der Waals surface area contributed by atoms with Crippen LogP contribution in [0.15, 0.2) is 53.4 Å². The number of halogens is 1. The number of thioether (sulfide) groups is 1. The smallest absolute Gasteiger partial charge is 0.319 e. The number of benzene rings is 2. The van der Waals surface area contributed by atoms with Crippen molar-refractivity contribution in [2.75, 3.05) is 35.6 Å².